The van der Waals surface area contributed by atoms with E-state index in [2.05, 4.69) is 63.7 Å². The molecule has 2 heterocycles. The minimum atomic E-state index is 0. The number of ether oxygens (including phenoxy) is 1. The van der Waals surface area contributed by atoms with Gasteiger partial charge in [0.05, 0.1) is 19.3 Å². The van der Waals surface area contributed by atoms with E-state index in [1.807, 2.05) is 20.0 Å². The lowest BCUT2D eigenvalue weighted by atomic mass is 10.1. The third-order valence-electron chi connectivity index (χ3n) is 5.18. The van der Waals surface area contributed by atoms with E-state index < -0.39 is 0 Å². The van der Waals surface area contributed by atoms with Gasteiger partial charge in [0.2, 0.25) is 0 Å². The smallest absolute Gasteiger partial charge is 0.193 e. The molecule has 0 amide bonds. The fraction of sp³-hybridized carbons (Fsp3) is 0.500. The molecule has 1 aromatic carbocycles. The first-order chi connectivity index (χ1) is 14.1. The third-order valence-corrected chi connectivity index (χ3v) is 5.93. The van der Waals surface area contributed by atoms with Crippen LogP contribution in [0.1, 0.15) is 23.1 Å². The first kappa shape index (κ1) is 25.0. The first-order valence-corrected chi connectivity index (χ1v) is 11.3. The highest BCUT2D eigenvalue weighted by Crippen LogP contribution is 2.23. The van der Waals surface area contributed by atoms with Gasteiger partial charge in [0.1, 0.15) is 11.5 Å². The van der Waals surface area contributed by atoms with Crippen molar-refractivity contribution in [2.75, 3.05) is 53.2 Å². The minimum absolute atomic E-state index is 0. The number of furan rings is 1. The zero-order valence-electron chi connectivity index (χ0n) is 18.3. The van der Waals surface area contributed by atoms with Crippen LogP contribution in [0, 0.1) is 6.92 Å². The van der Waals surface area contributed by atoms with Crippen molar-refractivity contribution in [1.82, 2.24) is 15.1 Å². The Hall–Kier alpha value is -1.23. The molecule has 8 heteroatoms. The second kappa shape index (κ2) is 12.6. The number of hydrogen-bond acceptors (Lipinski definition) is 5. The quantitative estimate of drug-likeness (QED) is 0.246. The standard InChI is InChI=1S/C22H32N4O2S.HI/c1-17-5-10-21(28-17)20(26-11-13-27-14-12-26)15-24-22(23-2)25(3)16-18-6-8-19(29-4)9-7-18;/h5-10,20H,11-16H2,1-4H3,(H,23,24);1H. The molecule has 1 aliphatic heterocycles. The van der Waals surface area contributed by atoms with Gasteiger partial charge in [-0.25, -0.2) is 0 Å². The largest absolute Gasteiger partial charge is 0.465 e. The van der Waals surface area contributed by atoms with E-state index in [1.165, 1.54) is 10.5 Å². The second-order valence-electron chi connectivity index (χ2n) is 7.24. The van der Waals surface area contributed by atoms with Crippen LogP contribution >= 0.6 is 35.7 Å². The van der Waals surface area contributed by atoms with Crippen LogP contribution in [0.2, 0.25) is 0 Å². The summed E-state index contributed by atoms with van der Waals surface area (Å²) in [5.74, 6) is 2.80. The molecule has 1 N–H and O–H groups in total. The average Bonchev–Trinajstić information content (AvgIpc) is 3.18. The molecular weight excluding hydrogens is 511 g/mol. The van der Waals surface area contributed by atoms with Crippen molar-refractivity contribution >= 4 is 41.7 Å². The van der Waals surface area contributed by atoms with Crippen molar-refractivity contribution in [2.24, 2.45) is 4.99 Å². The third kappa shape index (κ3) is 6.90. The molecule has 30 heavy (non-hydrogen) atoms. The molecule has 2 aromatic rings. The fourth-order valence-electron chi connectivity index (χ4n) is 3.58. The number of rotatable bonds is 7. The fourth-order valence-corrected chi connectivity index (χ4v) is 3.99. The Balaban J connectivity index is 0.00000320. The molecule has 1 aromatic heterocycles. The number of aliphatic imine (C=N–C) groups is 1. The lowest BCUT2D eigenvalue weighted by Gasteiger charge is -2.34. The summed E-state index contributed by atoms with van der Waals surface area (Å²) in [6, 6.07) is 12.9. The van der Waals surface area contributed by atoms with Gasteiger partial charge in [0.15, 0.2) is 5.96 Å². The maximum atomic E-state index is 5.96. The summed E-state index contributed by atoms with van der Waals surface area (Å²) >= 11 is 1.76. The highest BCUT2D eigenvalue weighted by molar-refractivity contribution is 14.0. The lowest BCUT2D eigenvalue weighted by Crippen LogP contribution is -2.46. The molecule has 0 spiro atoms. The number of halogens is 1. The number of thioether (sulfide) groups is 1. The van der Waals surface area contributed by atoms with Gasteiger partial charge in [0, 0.05) is 45.2 Å². The van der Waals surface area contributed by atoms with Crippen molar-refractivity contribution in [1.29, 1.82) is 0 Å². The van der Waals surface area contributed by atoms with E-state index in [-0.39, 0.29) is 30.0 Å². The van der Waals surface area contributed by atoms with Gasteiger partial charge in [0.25, 0.3) is 0 Å². The van der Waals surface area contributed by atoms with Crippen LogP contribution in [0.3, 0.4) is 0 Å². The Morgan fingerprint density at radius 3 is 2.47 bits per heavy atom. The van der Waals surface area contributed by atoms with Crippen molar-refractivity contribution < 1.29 is 9.15 Å². The van der Waals surface area contributed by atoms with Crippen molar-refractivity contribution in [3.05, 3.63) is 53.5 Å². The summed E-state index contributed by atoms with van der Waals surface area (Å²) in [4.78, 5) is 10.3. The van der Waals surface area contributed by atoms with Crippen molar-refractivity contribution in [3.63, 3.8) is 0 Å². The Bertz CT molecular complexity index is 791. The van der Waals surface area contributed by atoms with E-state index in [4.69, 9.17) is 9.15 Å². The summed E-state index contributed by atoms with van der Waals surface area (Å²) in [5.41, 5.74) is 1.26. The van der Waals surface area contributed by atoms with E-state index >= 15 is 0 Å². The van der Waals surface area contributed by atoms with Gasteiger partial charge < -0.3 is 19.4 Å². The van der Waals surface area contributed by atoms with Crippen molar-refractivity contribution in [3.8, 4) is 0 Å². The normalized spacial score (nSPS) is 16.1. The highest BCUT2D eigenvalue weighted by atomic mass is 127. The molecule has 1 saturated heterocycles. The summed E-state index contributed by atoms with van der Waals surface area (Å²) in [5, 5.41) is 3.55. The highest BCUT2D eigenvalue weighted by Gasteiger charge is 2.25. The van der Waals surface area contributed by atoms with Crippen LogP contribution in [0.5, 0.6) is 0 Å². The number of guanidine groups is 1. The number of nitrogens with zero attached hydrogens (tertiary/aromatic N) is 3. The molecule has 0 radical (unpaired) electrons. The maximum absolute atomic E-state index is 5.96. The molecule has 3 rings (SSSR count). The maximum Gasteiger partial charge on any atom is 0.193 e. The van der Waals surface area contributed by atoms with Gasteiger partial charge in [-0.1, -0.05) is 12.1 Å². The monoisotopic (exact) mass is 544 g/mol. The van der Waals surface area contributed by atoms with Crippen LogP contribution < -0.4 is 5.32 Å². The molecule has 0 saturated carbocycles. The van der Waals surface area contributed by atoms with E-state index in [0.29, 0.717) is 0 Å². The number of aryl methyl sites for hydroxylation is 1. The van der Waals surface area contributed by atoms with Crippen LogP contribution in [0.4, 0.5) is 0 Å². The molecular formula is C22H33IN4O2S. The Kier molecular flexibility index (Phi) is 10.5. The zero-order chi connectivity index (χ0) is 20.6. The predicted molar refractivity (Wildman–Crippen MR) is 135 cm³/mol. The molecule has 166 valence electrons. The van der Waals surface area contributed by atoms with E-state index in [9.17, 15) is 0 Å². The molecule has 1 fully saturated rings. The summed E-state index contributed by atoms with van der Waals surface area (Å²) in [7, 11) is 3.90. The van der Waals surface area contributed by atoms with Gasteiger partial charge in [-0.3, -0.25) is 9.89 Å². The molecule has 1 unspecified atom stereocenters. The summed E-state index contributed by atoms with van der Waals surface area (Å²) < 4.78 is 11.5. The SMILES string of the molecule is CN=C(NCC(c1ccc(C)o1)N1CCOCC1)N(C)Cc1ccc(SC)cc1.I. The van der Waals surface area contributed by atoms with Crippen LogP contribution in [-0.2, 0) is 11.3 Å². The second-order valence-corrected chi connectivity index (χ2v) is 8.12. The van der Waals surface area contributed by atoms with Gasteiger partial charge in [-0.05, 0) is 43.0 Å². The molecule has 1 atom stereocenters. The van der Waals surface area contributed by atoms with Crippen LogP contribution in [0.15, 0.2) is 50.7 Å². The average molecular weight is 545 g/mol. The number of nitrogens with one attached hydrogen (secondary N) is 1. The van der Waals surface area contributed by atoms with E-state index in [0.717, 1.165) is 56.9 Å². The predicted octanol–water partition coefficient (Wildman–Crippen LogP) is 4.01. The van der Waals surface area contributed by atoms with Gasteiger partial charge >= 0.3 is 0 Å². The molecule has 0 bridgehead atoms. The van der Waals surface area contributed by atoms with Gasteiger partial charge in [-0.15, -0.1) is 35.7 Å². The van der Waals surface area contributed by atoms with Crippen molar-refractivity contribution in [2.45, 2.75) is 24.4 Å². The Labute approximate surface area is 201 Å². The minimum Gasteiger partial charge on any atom is -0.465 e. The summed E-state index contributed by atoms with van der Waals surface area (Å²) in [6.07, 6.45) is 2.10. The molecule has 0 aliphatic carbocycles. The topological polar surface area (TPSA) is 53.2 Å². The first-order valence-electron chi connectivity index (χ1n) is 10.0. The number of morpholine rings is 1. The summed E-state index contributed by atoms with van der Waals surface area (Å²) in [6.45, 7) is 6.85. The van der Waals surface area contributed by atoms with Gasteiger partial charge in [-0.2, -0.15) is 0 Å². The number of benzene rings is 1. The molecule has 1 aliphatic rings. The molecule has 6 nitrogen and oxygen atoms in total. The Morgan fingerprint density at radius 1 is 1.20 bits per heavy atom. The van der Waals surface area contributed by atoms with Crippen LogP contribution in [-0.4, -0.2) is 69.0 Å². The lowest BCUT2D eigenvalue weighted by molar-refractivity contribution is 0.0123. The van der Waals surface area contributed by atoms with E-state index in [1.54, 1.807) is 11.8 Å². The zero-order valence-corrected chi connectivity index (χ0v) is 21.4. The Morgan fingerprint density at radius 2 is 1.90 bits per heavy atom. The number of hydrogen-bond donors (Lipinski definition) is 1. The van der Waals surface area contributed by atoms with Crippen LogP contribution in [0.25, 0.3) is 0 Å².